The van der Waals surface area contributed by atoms with Crippen molar-refractivity contribution in [2.45, 2.75) is 18.9 Å². The van der Waals surface area contributed by atoms with Gasteiger partial charge in [0.2, 0.25) is 0 Å². The van der Waals surface area contributed by atoms with E-state index in [2.05, 4.69) is 38.9 Å². The molecule has 36 heavy (non-hydrogen) atoms. The van der Waals surface area contributed by atoms with Gasteiger partial charge in [0.25, 0.3) is 0 Å². The second kappa shape index (κ2) is 10.6. The van der Waals surface area contributed by atoms with Crippen LogP contribution in [0.4, 0.5) is 5.82 Å². The van der Waals surface area contributed by atoms with Crippen LogP contribution in [0.2, 0.25) is 0 Å². The minimum Gasteiger partial charge on any atom is -0.457 e. The lowest BCUT2D eigenvalue weighted by molar-refractivity contribution is 0.227. The van der Waals surface area contributed by atoms with Gasteiger partial charge in [0, 0.05) is 30.9 Å². The van der Waals surface area contributed by atoms with Crippen LogP contribution in [0.1, 0.15) is 18.9 Å². The molecule has 0 radical (unpaired) electrons. The Morgan fingerprint density at radius 1 is 1.08 bits per heavy atom. The number of nitrogens with zero attached hydrogens (tertiary/aromatic N) is 5. The summed E-state index contributed by atoms with van der Waals surface area (Å²) >= 11 is 0. The molecule has 0 amide bonds. The normalized spacial score (nSPS) is 14.5. The van der Waals surface area contributed by atoms with E-state index in [0.29, 0.717) is 5.82 Å². The van der Waals surface area contributed by atoms with Crippen molar-refractivity contribution in [1.82, 2.24) is 30.0 Å². The molecule has 1 fully saturated rings. The molecular weight excluding hydrogens is 450 g/mol. The summed E-state index contributed by atoms with van der Waals surface area (Å²) in [6.45, 7) is 6.89. The first-order valence-corrected chi connectivity index (χ1v) is 12.2. The van der Waals surface area contributed by atoms with E-state index in [1.54, 1.807) is 0 Å². The van der Waals surface area contributed by atoms with Gasteiger partial charge in [0.1, 0.15) is 29.3 Å². The van der Waals surface area contributed by atoms with E-state index in [1.165, 1.54) is 6.33 Å². The van der Waals surface area contributed by atoms with Crippen LogP contribution in [0.3, 0.4) is 0 Å². The highest BCUT2D eigenvalue weighted by Crippen LogP contribution is 2.35. The Kier molecular flexibility index (Phi) is 6.95. The van der Waals surface area contributed by atoms with E-state index in [9.17, 15) is 0 Å². The topological polar surface area (TPSA) is 94.1 Å². The number of nitrogen functional groups attached to an aromatic ring is 1. The van der Waals surface area contributed by atoms with Gasteiger partial charge in [-0.15, -0.1) is 0 Å². The summed E-state index contributed by atoms with van der Waals surface area (Å²) in [6, 6.07) is 17.8. The van der Waals surface area contributed by atoms with E-state index < -0.39 is 0 Å². The van der Waals surface area contributed by atoms with Crippen molar-refractivity contribution in [3.63, 3.8) is 0 Å². The summed E-state index contributed by atoms with van der Waals surface area (Å²) in [5, 5.41) is 8.92. The van der Waals surface area contributed by atoms with Crippen LogP contribution in [-0.2, 0) is 0 Å². The van der Waals surface area contributed by atoms with E-state index in [4.69, 9.17) is 15.6 Å². The van der Waals surface area contributed by atoms with Gasteiger partial charge in [-0.3, -0.25) is 0 Å². The Balaban J connectivity index is 1.38. The lowest BCUT2D eigenvalue weighted by Gasteiger charge is -2.34. The molecule has 3 heterocycles. The molecule has 1 aliphatic heterocycles. The molecule has 3 N–H and O–H groups in total. The minimum atomic E-state index is 0.224. The maximum Gasteiger partial charge on any atom is 0.164 e. The number of likely N-dealkylation sites (N-methyl/N-ethyl adjacent to an activating group) is 1. The lowest BCUT2D eigenvalue weighted by atomic mass is 10.0. The first-order chi connectivity index (χ1) is 17.6. The molecule has 8 nitrogen and oxygen atoms in total. The Labute approximate surface area is 211 Å². The third-order valence-electron chi connectivity index (χ3n) is 6.47. The number of nitrogens with one attached hydrogen (secondary N) is 1. The number of para-hydroxylation sites is 1. The van der Waals surface area contributed by atoms with Crippen molar-refractivity contribution < 1.29 is 4.74 Å². The van der Waals surface area contributed by atoms with Crippen molar-refractivity contribution in [1.29, 1.82) is 0 Å². The van der Waals surface area contributed by atoms with Gasteiger partial charge in [-0.25, -0.2) is 14.6 Å². The maximum absolute atomic E-state index is 6.33. The lowest BCUT2D eigenvalue weighted by Crippen LogP contribution is -2.33. The molecule has 2 aromatic carbocycles. The number of aromatic nitrogens is 4. The van der Waals surface area contributed by atoms with Gasteiger partial charge < -0.3 is 20.7 Å². The molecule has 0 spiro atoms. The van der Waals surface area contributed by atoms with E-state index >= 15 is 0 Å². The Morgan fingerprint density at radius 3 is 2.53 bits per heavy atom. The van der Waals surface area contributed by atoms with Gasteiger partial charge in [0.15, 0.2) is 5.65 Å². The largest absolute Gasteiger partial charge is 0.457 e. The Morgan fingerprint density at radius 2 is 1.81 bits per heavy atom. The van der Waals surface area contributed by atoms with Gasteiger partial charge in [-0.05, 0) is 62.4 Å². The number of rotatable bonds is 8. The van der Waals surface area contributed by atoms with Gasteiger partial charge in [0.05, 0.1) is 11.4 Å². The molecule has 184 valence electrons. The van der Waals surface area contributed by atoms with Crippen molar-refractivity contribution >= 4 is 16.9 Å². The fourth-order valence-electron chi connectivity index (χ4n) is 4.57. The van der Waals surface area contributed by atoms with Crippen LogP contribution in [0.15, 0.2) is 85.4 Å². The monoisotopic (exact) mass is 481 g/mol. The van der Waals surface area contributed by atoms with Crippen LogP contribution in [0, 0.1) is 0 Å². The molecule has 8 heteroatoms. The smallest absolute Gasteiger partial charge is 0.164 e. The standard InChI is InChI=1S/C28H31N7O/c1-20(7-6-16-30-2)34-17-14-22(15-18-34)35-28-25(27(29)31-19-32-28)26(33-35)21-10-12-24(13-11-21)36-23-8-4-3-5-9-23/h3-13,19,22,30H,1,14-18H2,2H3,(H2,29,31,32)/b7-6+. The summed E-state index contributed by atoms with van der Waals surface area (Å²) < 4.78 is 7.98. The minimum absolute atomic E-state index is 0.224. The molecule has 0 atom stereocenters. The summed E-state index contributed by atoms with van der Waals surface area (Å²) in [4.78, 5) is 11.2. The molecule has 0 unspecified atom stereocenters. The number of hydrogen-bond acceptors (Lipinski definition) is 7. The summed E-state index contributed by atoms with van der Waals surface area (Å²) in [5.41, 5.74) is 9.87. The zero-order valence-corrected chi connectivity index (χ0v) is 20.5. The number of likely N-dealkylation sites (tertiary alicyclic amines) is 1. The van der Waals surface area contributed by atoms with E-state index in [-0.39, 0.29) is 6.04 Å². The number of piperidine rings is 1. The van der Waals surface area contributed by atoms with Crippen LogP contribution in [-0.4, -0.2) is 51.3 Å². The molecule has 0 saturated carbocycles. The van der Waals surface area contributed by atoms with Gasteiger partial charge in [-0.2, -0.15) is 5.10 Å². The predicted octanol–water partition coefficient (Wildman–Crippen LogP) is 4.79. The zero-order valence-electron chi connectivity index (χ0n) is 20.5. The van der Waals surface area contributed by atoms with Crippen LogP contribution in [0.25, 0.3) is 22.3 Å². The van der Waals surface area contributed by atoms with Crippen LogP contribution >= 0.6 is 0 Å². The van der Waals surface area contributed by atoms with Crippen LogP contribution < -0.4 is 15.8 Å². The highest BCUT2D eigenvalue weighted by molar-refractivity contribution is 5.98. The number of ether oxygens (including phenoxy) is 1. The van der Waals surface area contributed by atoms with Gasteiger partial charge in [-0.1, -0.05) is 30.9 Å². The third-order valence-corrected chi connectivity index (χ3v) is 6.47. The fraction of sp³-hybridized carbons (Fsp3) is 0.250. The highest BCUT2D eigenvalue weighted by atomic mass is 16.5. The third kappa shape index (κ3) is 4.94. The molecular formula is C28H31N7O. The fourth-order valence-corrected chi connectivity index (χ4v) is 4.57. The summed E-state index contributed by atoms with van der Waals surface area (Å²) in [5.74, 6) is 1.99. The SMILES string of the molecule is C=C(/C=C/CNC)N1CCC(n2nc(-c3ccc(Oc4ccccc4)cc3)c3c(N)ncnc32)CC1. The number of hydrogen-bond donors (Lipinski definition) is 2. The molecule has 1 aliphatic rings. The first kappa shape index (κ1) is 23.6. The average molecular weight is 482 g/mol. The Bertz CT molecular complexity index is 1350. The second-order valence-corrected chi connectivity index (χ2v) is 8.86. The number of fused-ring (bicyclic) bond motifs is 1. The molecule has 0 aliphatic carbocycles. The second-order valence-electron chi connectivity index (χ2n) is 8.86. The molecule has 5 rings (SSSR count). The highest BCUT2D eigenvalue weighted by Gasteiger charge is 2.26. The van der Waals surface area contributed by atoms with Crippen LogP contribution in [0.5, 0.6) is 11.5 Å². The van der Waals surface area contributed by atoms with Gasteiger partial charge >= 0.3 is 0 Å². The molecule has 1 saturated heterocycles. The summed E-state index contributed by atoms with van der Waals surface area (Å²) in [6.07, 6.45) is 7.58. The maximum atomic E-state index is 6.33. The first-order valence-electron chi connectivity index (χ1n) is 12.2. The van der Waals surface area contributed by atoms with E-state index in [1.807, 2.05) is 66.3 Å². The number of allylic oxidation sites excluding steroid dienone is 1. The molecule has 2 aromatic heterocycles. The average Bonchev–Trinajstić information content (AvgIpc) is 3.31. The van der Waals surface area contributed by atoms with E-state index in [0.717, 1.165) is 72.0 Å². The summed E-state index contributed by atoms with van der Waals surface area (Å²) in [7, 11) is 1.93. The quantitative estimate of drug-likeness (QED) is 0.349. The number of nitrogens with two attached hydrogens (primary N) is 1. The van der Waals surface area contributed by atoms with Crippen molar-refractivity contribution in [2.75, 3.05) is 32.4 Å². The predicted molar refractivity (Wildman–Crippen MR) is 144 cm³/mol. The van der Waals surface area contributed by atoms with Crippen molar-refractivity contribution in [2.24, 2.45) is 0 Å². The van der Waals surface area contributed by atoms with Crippen molar-refractivity contribution in [3.8, 4) is 22.8 Å². The number of anilines is 1. The molecule has 0 bridgehead atoms. The Hall–Kier alpha value is -4.17. The number of benzene rings is 2. The molecule has 4 aromatic rings. The zero-order chi connectivity index (χ0) is 24.9. The van der Waals surface area contributed by atoms with Crippen molar-refractivity contribution in [3.05, 3.63) is 85.4 Å².